The SMILES string of the molecule is COC(=O)C(C)(C)CNC(C)C1CCC1. The molecular formula is C12H23NO2. The number of hydrogen-bond acceptors (Lipinski definition) is 3. The maximum absolute atomic E-state index is 11.4. The summed E-state index contributed by atoms with van der Waals surface area (Å²) < 4.78 is 4.77. The van der Waals surface area contributed by atoms with Gasteiger partial charge in [0.25, 0.3) is 0 Å². The summed E-state index contributed by atoms with van der Waals surface area (Å²) in [6, 6.07) is 0.516. The molecule has 0 aliphatic heterocycles. The second kappa shape index (κ2) is 4.97. The molecule has 0 heterocycles. The number of carbonyl (C=O) groups excluding carboxylic acids is 1. The van der Waals surface area contributed by atoms with E-state index in [0.717, 1.165) is 5.92 Å². The molecule has 0 radical (unpaired) electrons. The van der Waals surface area contributed by atoms with Crippen LogP contribution in [-0.2, 0) is 9.53 Å². The van der Waals surface area contributed by atoms with Crippen molar-refractivity contribution < 1.29 is 9.53 Å². The van der Waals surface area contributed by atoms with Crippen LogP contribution in [0, 0.1) is 11.3 Å². The lowest BCUT2D eigenvalue weighted by Gasteiger charge is -2.34. The molecule has 0 aromatic rings. The first kappa shape index (κ1) is 12.5. The molecule has 0 saturated heterocycles. The fourth-order valence-corrected chi connectivity index (χ4v) is 1.87. The Hall–Kier alpha value is -0.570. The lowest BCUT2D eigenvalue weighted by atomic mass is 9.80. The van der Waals surface area contributed by atoms with Gasteiger partial charge in [-0.2, -0.15) is 0 Å². The van der Waals surface area contributed by atoms with Gasteiger partial charge in [0, 0.05) is 12.6 Å². The predicted octanol–water partition coefficient (Wildman–Crippen LogP) is 1.96. The van der Waals surface area contributed by atoms with Crippen molar-refractivity contribution in [2.45, 2.75) is 46.1 Å². The molecule has 1 rings (SSSR count). The maximum Gasteiger partial charge on any atom is 0.312 e. The molecule has 1 unspecified atom stereocenters. The molecule has 88 valence electrons. The summed E-state index contributed by atoms with van der Waals surface area (Å²) in [7, 11) is 1.44. The molecule has 0 amide bonds. The lowest BCUT2D eigenvalue weighted by Crippen LogP contribution is -2.44. The van der Waals surface area contributed by atoms with Gasteiger partial charge in [-0.15, -0.1) is 0 Å². The molecule has 1 atom stereocenters. The third kappa shape index (κ3) is 3.20. The minimum Gasteiger partial charge on any atom is -0.469 e. The summed E-state index contributed by atoms with van der Waals surface area (Å²) in [5.41, 5.74) is -0.424. The largest absolute Gasteiger partial charge is 0.469 e. The Kier molecular flexibility index (Phi) is 4.14. The van der Waals surface area contributed by atoms with Crippen LogP contribution in [0.2, 0.25) is 0 Å². The first-order chi connectivity index (χ1) is 6.97. The highest BCUT2D eigenvalue weighted by Crippen LogP contribution is 2.29. The quantitative estimate of drug-likeness (QED) is 0.709. The molecular weight excluding hydrogens is 190 g/mol. The predicted molar refractivity (Wildman–Crippen MR) is 60.6 cm³/mol. The third-order valence-corrected chi connectivity index (χ3v) is 3.46. The Balaban J connectivity index is 2.31. The van der Waals surface area contributed by atoms with E-state index in [-0.39, 0.29) is 5.97 Å². The molecule has 1 saturated carbocycles. The Bertz CT molecular complexity index is 222. The van der Waals surface area contributed by atoms with Crippen molar-refractivity contribution in [1.29, 1.82) is 0 Å². The maximum atomic E-state index is 11.4. The molecule has 0 aromatic heterocycles. The van der Waals surface area contributed by atoms with Crippen LogP contribution in [0.3, 0.4) is 0 Å². The summed E-state index contributed by atoms with van der Waals surface area (Å²) in [5.74, 6) is 0.661. The first-order valence-corrected chi connectivity index (χ1v) is 5.79. The Labute approximate surface area is 92.6 Å². The Morgan fingerprint density at radius 2 is 2.13 bits per heavy atom. The van der Waals surface area contributed by atoms with Crippen LogP contribution in [0.15, 0.2) is 0 Å². The van der Waals surface area contributed by atoms with E-state index in [1.165, 1.54) is 26.4 Å². The molecule has 1 aliphatic carbocycles. The first-order valence-electron chi connectivity index (χ1n) is 5.79. The van der Waals surface area contributed by atoms with E-state index in [0.29, 0.717) is 12.6 Å². The fourth-order valence-electron chi connectivity index (χ4n) is 1.87. The van der Waals surface area contributed by atoms with Crippen molar-refractivity contribution in [1.82, 2.24) is 5.32 Å². The zero-order chi connectivity index (χ0) is 11.5. The molecule has 3 heteroatoms. The molecule has 3 nitrogen and oxygen atoms in total. The number of rotatable bonds is 5. The van der Waals surface area contributed by atoms with Crippen LogP contribution >= 0.6 is 0 Å². The zero-order valence-electron chi connectivity index (χ0n) is 10.3. The lowest BCUT2D eigenvalue weighted by molar-refractivity contribution is -0.150. The smallest absolute Gasteiger partial charge is 0.312 e. The summed E-state index contributed by atoms with van der Waals surface area (Å²) in [5, 5.41) is 3.44. The van der Waals surface area contributed by atoms with Crippen molar-refractivity contribution in [2.24, 2.45) is 11.3 Å². The van der Waals surface area contributed by atoms with Crippen molar-refractivity contribution in [3.8, 4) is 0 Å². The van der Waals surface area contributed by atoms with E-state index in [4.69, 9.17) is 4.74 Å². The van der Waals surface area contributed by atoms with Gasteiger partial charge in [0.1, 0.15) is 0 Å². The number of ether oxygens (including phenoxy) is 1. The molecule has 0 spiro atoms. The van der Waals surface area contributed by atoms with E-state index >= 15 is 0 Å². The van der Waals surface area contributed by atoms with Gasteiger partial charge in [0.05, 0.1) is 12.5 Å². The number of carbonyl (C=O) groups is 1. The standard InChI is InChI=1S/C12H23NO2/c1-9(10-6-5-7-10)13-8-12(2,3)11(14)15-4/h9-10,13H,5-8H2,1-4H3. The summed E-state index contributed by atoms with van der Waals surface area (Å²) in [4.78, 5) is 11.4. The number of esters is 1. The number of nitrogens with one attached hydrogen (secondary N) is 1. The van der Waals surface area contributed by atoms with Crippen molar-refractivity contribution in [3.63, 3.8) is 0 Å². The number of methoxy groups -OCH3 is 1. The van der Waals surface area contributed by atoms with Crippen LogP contribution in [0.25, 0.3) is 0 Å². The van der Waals surface area contributed by atoms with Gasteiger partial charge in [0.2, 0.25) is 0 Å². The summed E-state index contributed by atoms with van der Waals surface area (Å²) in [6.07, 6.45) is 4.01. The van der Waals surface area contributed by atoms with Gasteiger partial charge >= 0.3 is 5.97 Å². The average molecular weight is 213 g/mol. The van der Waals surface area contributed by atoms with E-state index in [2.05, 4.69) is 12.2 Å². The van der Waals surface area contributed by atoms with E-state index in [9.17, 15) is 4.79 Å². The van der Waals surface area contributed by atoms with Gasteiger partial charge in [-0.1, -0.05) is 6.42 Å². The van der Waals surface area contributed by atoms with Crippen LogP contribution < -0.4 is 5.32 Å². The molecule has 1 aliphatic rings. The Morgan fingerprint density at radius 3 is 2.53 bits per heavy atom. The average Bonchev–Trinajstić information content (AvgIpc) is 2.11. The number of hydrogen-bond donors (Lipinski definition) is 1. The highest BCUT2D eigenvalue weighted by atomic mass is 16.5. The third-order valence-electron chi connectivity index (χ3n) is 3.46. The summed E-state index contributed by atoms with van der Waals surface area (Å²) >= 11 is 0. The normalized spacial score (nSPS) is 19.5. The second-order valence-electron chi connectivity index (χ2n) is 5.24. The van der Waals surface area contributed by atoms with E-state index in [1.54, 1.807) is 0 Å². The Morgan fingerprint density at radius 1 is 1.53 bits per heavy atom. The fraction of sp³-hybridized carbons (Fsp3) is 0.917. The van der Waals surface area contributed by atoms with Gasteiger partial charge in [-0.3, -0.25) is 4.79 Å². The monoisotopic (exact) mass is 213 g/mol. The van der Waals surface area contributed by atoms with E-state index in [1.807, 2.05) is 13.8 Å². The van der Waals surface area contributed by atoms with Gasteiger partial charge in [-0.05, 0) is 39.5 Å². The van der Waals surface area contributed by atoms with Crippen molar-refractivity contribution >= 4 is 5.97 Å². The van der Waals surface area contributed by atoms with Gasteiger partial charge in [-0.25, -0.2) is 0 Å². The molecule has 15 heavy (non-hydrogen) atoms. The van der Waals surface area contributed by atoms with Crippen molar-refractivity contribution in [3.05, 3.63) is 0 Å². The van der Waals surface area contributed by atoms with Gasteiger partial charge < -0.3 is 10.1 Å². The highest BCUT2D eigenvalue weighted by molar-refractivity contribution is 5.76. The van der Waals surface area contributed by atoms with Crippen LogP contribution in [-0.4, -0.2) is 25.7 Å². The van der Waals surface area contributed by atoms with Crippen LogP contribution in [0.5, 0.6) is 0 Å². The van der Waals surface area contributed by atoms with Crippen molar-refractivity contribution in [2.75, 3.05) is 13.7 Å². The zero-order valence-corrected chi connectivity index (χ0v) is 10.3. The topological polar surface area (TPSA) is 38.3 Å². The molecule has 0 aromatic carbocycles. The van der Waals surface area contributed by atoms with Crippen LogP contribution in [0.4, 0.5) is 0 Å². The minimum atomic E-state index is -0.424. The molecule has 1 fully saturated rings. The molecule has 0 bridgehead atoms. The van der Waals surface area contributed by atoms with Crippen LogP contribution in [0.1, 0.15) is 40.0 Å². The molecule has 1 N–H and O–H groups in total. The van der Waals surface area contributed by atoms with Gasteiger partial charge in [0.15, 0.2) is 0 Å². The second-order valence-corrected chi connectivity index (χ2v) is 5.24. The summed E-state index contributed by atoms with van der Waals surface area (Å²) in [6.45, 7) is 6.73. The minimum absolute atomic E-state index is 0.143. The van der Waals surface area contributed by atoms with E-state index < -0.39 is 5.41 Å². The highest BCUT2D eigenvalue weighted by Gasteiger charge is 2.31.